The average molecular weight is 435 g/mol. The summed E-state index contributed by atoms with van der Waals surface area (Å²) in [5.41, 5.74) is 2.97. The lowest BCUT2D eigenvalue weighted by Gasteiger charge is -2.34. The summed E-state index contributed by atoms with van der Waals surface area (Å²) < 4.78 is 10.8. The first-order valence-corrected chi connectivity index (χ1v) is 11.2. The highest BCUT2D eigenvalue weighted by Gasteiger charge is 2.32. The monoisotopic (exact) mass is 434 g/mol. The summed E-state index contributed by atoms with van der Waals surface area (Å²) in [5.74, 6) is 1.37. The van der Waals surface area contributed by atoms with Crippen molar-refractivity contribution in [1.29, 1.82) is 0 Å². The Morgan fingerprint density at radius 2 is 2.00 bits per heavy atom. The number of aromatic nitrogens is 2. The predicted molar refractivity (Wildman–Crippen MR) is 125 cm³/mol. The van der Waals surface area contributed by atoms with Gasteiger partial charge in [0.05, 0.1) is 13.0 Å². The summed E-state index contributed by atoms with van der Waals surface area (Å²) >= 11 is 0. The minimum Gasteiger partial charge on any atom is -0.497 e. The molecule has 2 heterocycles. The van der Waals surface area contributed by atoms with Gasteiger partial charge in [-0.15, -0.1) is 0 Å². The minimum absolute atomic E-state index is 0.105. The van der Waals surface area contributed by atoms with Crippen LogP contribution in [0.3, 0.4) is 0 Å². The molecule has 0 saturated carbocycles. The average Bonchev–Trinajstić information content (AvgIpc) is 3.33. The lowest BCUT2D eigenvalue weighted by atomic mass is 9.96. The third-order valence-corrected chi connectivity index (χ3v) is 5.92. The van der Waals surface area contributed by atoms with Gasteiger partial charge in [0.15, 0.2) is 0 Å². The molecule has 7 heteroatoms. The maximum absolute atomic E-state index is 13.5. The van der Waals surface area contributed by atoms with E-state index in [-0.39, 0.29) is 11.8 Å². The molecule has 0 N–H and O–H groups in total. The number of carbonyl (C=O) groups is 1. The maximum atomic E-state index is 13.5. The van der Waals surface area contributed by atoms with Gasteiger partial charge in [0.25, 0.3) is 0 Å². The Hall–Kier alpha value is -3.35. The van der Waals surface area contributed by atoms with Crippen LogP contribution in [0.25, 0.3) is 11.4 Å². The topological polar surface area (TPSA) is 71.7 Å². The molecular formula is C25H30N4O3. The molecule has 1 aliphatic heterocycles. The third kappa shape index (κ3) is 4.61. The van der Waals surface area contributed by atoms with Crippen molar-refractivity contribution < 1.29 is 14.1 Å². The number of rotatable bonds is 7. The molecule has 32 heavy (non-hydrogen) atoms. The summed E-state index contributed by atoms with van der Waals surface area (Å²) in [6, 6.07) is 16.1. The highest BCUT2D eigenvalue weighted by Crippen LogP contribution is 2.29. The van der Waals surface area contributed by atoms with Crippen molar-refractivity contribution in [3.8, 4) is 17.1 Å². The van der Waals surface area contributed by atoms with Crippen LogP contribution in [0.2, 0.25) is 0 Å². The first kappa shape index (κ1) is 21.9. The largest absolute Gasteiger partial charge is 0.497 e. The Morgan fingerprint density at radius 3 is 2.72 bits per heavy atom. The van der Waals surface area contributed by atoms with Gasteiger partial charge in [-0.1, -0.05) is 30.3 Å². The fourth-order valence-electron chi connectivity index (χ4n) is 4.21. The van der Waals surface area contributed by atoms with Crippen LogP contribution in [0.15, 0.2) is 53.1 Å². The molecule has 1 fully saturated rings. The first-order chi connectivity index (χ1) is 15.6. The van der Waals surface area contributed by atoms with E-state index in [1.807, 2.05) is 52.3 Å². The SMILES string of the molecule is CCCN(C(=O)C1CCCN(c2nc(-c3ccc(OC)cc3)no2)C1)c1ccccc1C. The molecule has 0 radical (unpaired) electrons. The zero-order chi connectivity index (χ0) is 22.5. The number of nitrogens with zero attached hydrogens (tertiary/aromatic N) is 4. The van der Waals surface area contributed by atoms with Crippen LogP contribution in [0.4, 0.5) is 11.7 Å². The van der Waals surface area contributed by atoms with E-state index in [0.29, 0.717) is 24.9 Å². The molecule has 1 amide bonds. The molecule has 4 rings (SSSR count). The van der Waals surface area contributed by atoms with Gasteiger partial charge < -0.3 is 19.1 Å². The number of carbonyl (C=O) groups excluding carboxylic acids is 1. The number of ether oxygens (including phenoxy) is 1. The molecule has 0 aliphatic carbocycles. The highest BCUT2D eigenvalue weighted by molar-refractivity contribution is 5.96. The van der Waals surface area contributed by atoms with Crippen LogP contribution in [0.5, 0.6) is 5.75 Å². The highest BCUT2D eigenvalue weighted by atomic mass is 16.5. The quantitative estimate of drug-likeness (QED) is 0.536. The fraction of sp³-hybridized carbons (Fsp3) is 0.400. The standard InChI is InChI=1S/C25H30N4O3/c1-4-15-29(22-10-6-5-8-18(22)2)24(30)20-9-7-16-28(17-20)25-26-23(27-32-25)19-11-13-21(31-3)14-12-19/h5-6,8,10-14,20H,4,7,9,15-17H2,1-3H3. The van der Waals surface area contributed by atoms with Crippen molar-refractivity contribution in [2.45, 2.75) is 33.1 Å². The zero-order valence-electron chi connectivity index (χ0n) is 19.0. The molecule has 2 aromatic carbocycles. The van der Waals surface area contributed by atoms with Crippen molar-refractivity contribution in [2.75, 3.05) is 36.5 Å². The van der Waals surface area contributed by atoms with E-state index >= 15 is 0 Å². The molecule has 1 aromatic heterocycles. The molecule has 0 spiro atoms. The molecule has 1 saturated heterocycles. The Balaban J connectivity index is 1.49. The summed E-state index contributed by atoms with van der Waals surface area (Å²) in [7, 11) is 1.64. The van der Waals surface area contributed by atoms with Crippen LogP contribution < -0.4 is 14.5 Å². The summed E-state index contributed by atoms with van der Waals surface area (Å²) in [6.07, 6.45) is 2.68. The minimum atomic E-state index is -0.105. The van der Waals surface area contributed by atoms with E-state index in [1.54, 1.807) is 7.11 Å². The molecule has 3 aromatic rings. The Kier molecular flexibility index (Phi) is 6.73. The molecule has 168 valence electrons. The molecule has 7 nitrogen and oxygen atoms in total. The van der Waals surface area contributed by atoms with E-state index < -0.39 is 0 Å². The number of benzene rings is 2. The number of para-hydroxylation sites is 1. The Labute approximate surface area is 189 Å². The van der Waals surface area contributed by atoms with Gasteiger partial charge in [0.2, 0.25) is 11.7 Å². The van der Waals surface area contributed by atoms with Crippen molar-refractivity contribution in [3.63, 3.8) is 0 Å². The number of methoxy groups -OCH3 is 1. The number of anilines is 2. The van der Waals surface area contributed by atoms with Crippen LogP contribution in [0, 0.1) is 12.8 Å². The Morgan fingerprint density at radius 1 is 1.22 bits per heavy atom. The van der Waals surface area contributed by atoms with Crippen molar-refractivity contribution in [3.05, 3.63) is 54.1 Å². The molecule has 1 unspecified atom stereocenters. The van der Waals surface area contributed by atoms with Gasteiger partial charge in [-0.25, -0.2) is 0 Å². The van der Waals surface area contributed by atoms with Gasteiger partial charge in [-0.3, -0.25) is 4.79 Å². The lowest BCUT2D eigenvalue weighted by molar-refractivity contribution is -0.122. The number of aryl methyl sites for hydroxylation is 1. The van der Waals surface area contributed by atoms with Crippen molar-refractivity contribution >= 4 is 17.6 Å². The van der Waals surface area contributed by atoms with Gasteiger partial charge in [-0.2, -0.15) is 4.98 Å². The van der Waals surface area contributed by atoms with E-state index in [9.17, 15) is 4.79 Å². The van der Waals surface area contributed by atoms with Crippen LogP contribution in [-0.2, 0) is 4.79 Å². The number of piperidine rings is 1. The summed E-state index contributed by atoms with van der Waals surface area (Å²) in [4.78, 5) is 22.1. The number of amides is 1. The zero-order valence-corrected chi connectivity index (χ0v) is 19.0. The van der Waals surface area contributed by atoms with Crippen LogP contribution in [0.1, 0.15) is 31.7 Å². The Bertz CT molecular complexity index is 1050. The maximum Gasteiger partial charge on any atom is 0.324 e. The predicted octanol–water partition coefficient (Wildman–Crippen LogP) is 4.71. The van der Waals surface area contributed by atoms with E-state index in [4.69, 9.17) is 9.26 Å². The van der Waals surface area contributed by atoms with Crippen LogP contribution >= 0.6 is 0 Å². The second-order valence-electron chi connectivity index (χ2n) is 8.19. The van der Waals surface area contributed by atoms with Gasteiger partial charge in [-0.05, 0) is 62.1 Å². The smallest absolute Gasteiger partial charge is 0.324 e. The normalized spacial score (nSPS) is 16.1. The second-order valence-corrected chi connectivity index (χ2v) is 8.19. The summed E-state index contributed by atoms with van der Waals surface area (Å²) in [5, 5.41) is 4.15. The van der Waals surface area contributed by atoms with E-state index in [2.05, 4.69) is 30.1 Å². The molecule has 1 aliphatic rings. The van der Waals surface area contributed by atoms with Gasteiger partial charge in [0.1, 0.15) is 5.75 Å². The lowest BCUT2D eigenvalue weighted by Crippen LogP contribution is -2.45. The fourth-order valence-corrected chi connectivity index (χ4v) is 4.21. The first-order valence-electron chi connectivity index (χ1n) is 11.2. The van der Waals surface area contributed by atoms with Crippen molar-refractivity contribution in [1.82, 2.24) is 10.1 Å². The van der Waals surface area contributed by atoms with Crippen molar-refractivity contribution in [2.24, 2.45) is 5.92 Å². The summed E-state index contributed by atoms with van der Waals surface area (Å²) in [6.45, 7) is 6.24. The third-order valence-electron chi connectivity index (χ3n) is 5.92. The number of hydrogen-bond acceptors (Lipinski definition) is 6. The molecule has 1 atom stereocenters. The van der Waals surface area contributed by atoms with E-state index in [0.717, 1.165) is 48.4 Å². The van der Waals surface area contributed by atoms with E-state index in [1.165, 1.54) is 0 Å². The van der Waals surface area contributed by atoms with Crippen LogP contribution in [-0.4, -0.2) is 42.8 Å². The molecular weight excluding hydrogens is 404 g/mol. The molecule has 0 bridgehead atoms. The number of hydrogen-bond donors (Lipinski definition) is 0. The van der Waals surface area contributed by atoms with Gasteiger partial charge in [0, 0.05) is 30.9 Å². The van der Waals surface area contributed by atoms with Gasteiger partial charge >= 0.3 is 6.01 Å². The second kappa shape index (κ2) is 9.85.